The Labute approximate surface area is 353 Å². The molecule has 2 N–H and O–H groups in total. The van der Waals surface area contributed by atoms with Crippen LogP contribution >= 0.6 is 0 Å². The molecule has 6 unspecified atom stereocenters. The minimum atomic E-state index is -1.37. The van der Waals surface area contributed by atoms with E-state index in [1.165, 1.54) is 0 Å². The number of hydrogen-bond acceptors (Lipinski definition) is 9. The van der Waals surface area contributed by atoms with Crippen LogP contribution in [0.3, 0.4) is 0 Å². The SMILES string of the molecule is C=CCOC12Oc3ccc(Oc4ccc(-c5ccccc5)cc4)cc3C3C(CCCCO)C(CCCCO)C=C(C(=NOCC)CC1N(C)C(=O)c1ccc(C#N)cc1)C32. The van der Waals surface area contributed by atoms with Gasteiger partial charge < -0.3 is 34.2 Å². The molecular formula is C50H55N3O7. The third-order valence-corrected chi connectivity index (χ3v) is 12.2. The summed E-state index contributed by atoms with van der Waals surface area (Å²) in [6.45, 7) is 6.64. The van der Waals surface area contributed by atoms with Gasteiger partial charge in [0.2, 0.25) is 5.79 Å². The van der Waals surface area contributed by atoms with E-state index in [2.05, 4.69) is 49.1 Å². The number of carbonyl (C=O) groups is 1. The number of aliphatic hydroxyl groups is 2. The van der Waals surface area contributed by atoms with E-state index in [4.69, 9.17) is 24.2 Å². The maximum atomic E-state index is 14.5. The molecule has 0 spiro atoms. The van der Waals surface area contributed by atoms with E-state index < -0.39 is 17.7 Å². The molecule has 312 valence electrons. The standard InChI is InChI=1S/C50H55N3O7/c1-4-29-57-50-46(53(3)49(56)37-19-17-34(33-51)18-20-37)32-44(52-58-5-2)42-30-38(15-9-11-27-54)41(16-10-12-28-55)47(48(42)50)43-31-40(25-26-45(43)60-50)59-39-23-21-36(22-24-39)35-13-7-6-8-14-35/h4,6-8,13-14,17-26,30-31,38,41,46-48,54-55H,1,5,9-12,15-16,27-29,32H2,2-3H3. The number of hydrogen-bond donors (Lipinski definition) is 2. The van der Waals surface area contributed by atoms with Gasteiger partial charge in [0.05, 0.1) is 29.9 Å². The summed E-state index contributed by atoms with van der Waals surface area (Å²) in [6, 6.07) is 32.3. The molecule has 4 aromatic rings. The Morgan fingerprint density at radius 2 is 1.65 bits per heavy atom. The summed E-state index contributed by atoms with van der Waals surface area (Å²) in [5, 5.41) is 34.0. The summed E-state index contributed by atoms with van der Waals surface area (Å²) >= 11 is 0. The number of aliphatic hydroxyl groups excluding tert-OH is 2. The molecule has 1 heterocycles. The van der Waals surface area contributed by atoms with E-state index in [1.807, 2.05) is 49.4 Å². The number of ether oxygens (including phenoxy) is 3. The second kappa shape index (κ2) is 19.6. The van der Waals surface area contributed by atoms with Gasteiger partial charge in [0, 0.05) is 43.7 Å². The number of fused-ring (bicyclic) bond motifs is 2. The van der Waals surface area contributed by atoms with Gasteiger partial charge in [0.15, 0.2) is 0 Å². The number of benzene rings is 4. The summed E-state index contributed by atoms with van der Waals surface area (Å²) in [7, 11) is 1.77. The topological polar surface area (TPSA) is 134 Å². The van der Waals surface area contributed by atoms with Gasteiger partial charge in [-0.3, -0.25) is 4.79 Å². The first-order chi connectivity index (χ1) is 29.3. The Hall–Kier alpha value is -5.73. The first-order valence-electron chi connectivity index (χ1n) is 21.2. The number of unbranched alkanes of at least 4 members (excludes halogenated alkanes) is 2. The fourth-order valence-electron chi connectivity index (χ4n) is 9.45. The summed E-state index contributed by atoms with van der Waals surface area (Å²) < 4.78 is 20.8. The highest BCUT2D eigenvalue weighted by Crippen LogP contribution is 2.62. The average Bonchev–Trinajstić information content (AvgIpc) is 3.29. The van der Waals surface area contributed by atoms with Gasteiger partial charge >= 0.3 is 0 Å². The number of amides is 1. The van der Waals surface area contributed by atoms with Gasteiger partial charge in [0.1, 0.15) is 29.9 Å². The molecule has 1 fully saturated rings. The number of nitriles is 1. The molecule has 10 heteroatoms. The highest BCUT2D eigenvalue weighted by Gasteiger charge is 2.65. The van der Waals surface area contributed by atoms with Crippen molar-refractivity contribution in [3.8, 4) is 34.4 Å². The van der Waals surface area contributed by atoms with E-state index in [-0.39, 0.29) is 43.5 Å². The van der Waals surface area contributed by atoms with Gasteiger partial charge in [-0.1, -0.05) is 72.6 Å². The molecule has 3 aliphatic rings. The van der Waals surface area contributed by atoms with Crippen LogP contribution in [0.15, 0.2) is 127 Å². The van der Waals surface area contributed by atoms with Gasteiger partial charge in [-0.15, -0.1) is 6.58 Å². The zero-order valence-electron chi connectivity index (χ0n) is 34.5. The van der Waals surface area contributed by atoms with Crippen LogP contribution in [-0.2, 0) is 9.57 Å². The highest BCUT2D eigenvalue weighted by atomic mass is 16.7. The van der Waals surface area contributed by atoms with Gasteiger partial charge in [-0.2, -0.15) is 5.26 Å². The summed E-state index contributed by atoms with van der Waals surface area (Å²) in [6.07, 6.45) is 8.99. The maximum absolute atomic E-state index is 14.5. The molecule has 60 heavy (non-hydrogen) atoms. The van der Waals surface area contributed by atoms with Crippen molar-refractivity contribution in [1.29, 1.82) is 5.26 Å². The molecule has 0 aromatic heterocycles. The molecule has 2 aliphatic carbocycles. The second-order valence-electron chi connectivity index (χ2n) is 15.8. The first-order valence-corrected chi connectivity index (χ1v) is 21.2. The number of rotatable bonds is 18. The minimum absolute atomic E-state index is 0.0744. The van der Waals surface area contributed by atoms with Crippen molar-refractivity contribution in [3.63, 3.8) is 0 Å². The Morgan fingerprint density at radius 3 is 2.33 bits per heavy atom. The van der Waals surface area contributed by atoms with Crippen LogP contribution < -0.4 is 9.47 Å². The lowest BCUT2D eigenvalue weighted by Crippen LogP contribution is -2.69. The Kier molecular flexibility index (Phi) is 13.8. The molecule has 6 atom stereocenters. The number of allylic oxidation sites excluding steroid dienone is 1. The molecule has 1 amide bonds. The van der Waals surface area contributed by atoms with Crippen molar-refractivity contribution < 1.29 is 34.1 Å². The van der Waals surface area contributed by atoms with Crippen molar-refractivity contribution in [3.05, 3.63) is 138 Å². The normalized spacial score (nSPS) is 23.3. The van der Waals surface area contributed by atoms with Crippen LogP contribution in [0.4, 0.5) is 0 Å². The molecule has 0 saturated heterocycles. The molecular weight excluding hydrogens is 755 g/mol. The predicted octanol–water partition coefficient (Wildman–Crippen LogP) is 9.44. The molecule has 1 aliphatic heterocycles. The summed E-state index contributed by atoms with van der Waals surface area (Å²) in [4.78, 5) is 22.0. The van der Waals surface area contributed by atoms with Crippen LogP contribution in [0.1, 0.15) is 79.3 Å². The maximum Gasteiger partial charge on any atom is 0.254 e. The monoisotopic (exact) mass is 809 g/mol. The molecule has 0 radical (unpaired) electrons. The number of likely N-dealkylation sites (N-methyl/N-ethyl adjacent to an activating group) is 1. The lowest BCUT2D eigenvalue weighted by atomic mass is 9.55. The molecule has 1 saturated carbocycles. The lowest BCUT2D eigenvalue weighted by molar-refractivity contribution is -0.252. The van der Waals surface area contributed by atoms with Crippen molar-refractivity contribution >= 4 is 11.6 Å². The second-order valence-corrected chi connectivity index (χ2v) is 15.8. The van der Waals surface area contributed by atoms with E-state index in [1.54, 1.807) is 42.3 Å². The van der Waals surface area contributed by atoms with E-state index in [9.17, 15) is 20.3 Å². The zero-order chi connectivity index (χ0) is 42.1. The predicted molar refractivity (Wildman–Crippen MR) is 232 cm³/mol. The van der Waals surface area contributed by atoms with Crippen LogP contribution in [0.5, 0.6) is 17.2 Å². The number of nitrogens with zero attached hydrogens (tertiary/aromatic N) is 3. The molecule has 10 nitrogen and oxygen atoms in total. The molecule has 0 bridgehead atoms. The van der Waals surface area contributed by atoms with Gasteiger partial charge in [-0.25, -0.2) is 0 Å². The van der Waals surface area contributed by atoms with Crippen molar-refractivity contribution in [2.45, 2.75) is 69.6 Å². The van der Waals surface area contributed by atoms with E-state index in [0.29, 0.717) is 54.2 Å². The van der Waals surface area contributed by atoms with Crippen LogP contribution in [0.2, 0.25) is 0 Å². The summed E-state index contributed by atoms with van der Waals surface area (Å²) in [5.74, 6) is -0.0653. The Balaban J connectivity index is 1.38. The molecule has 4 aromatic carbocycles. The number of oxime groups is 1. The average molecular weight is 810 g/mol. The highest BCUT2D eigenvalue weighted by molar-refractivity contribution is 6.03. The van der Waals surface area contributed by atoms with Crippen LogP contribution in [-0.4, -0.2) is 72.0 Å². The lowest BCUT2D eigenvalue weighted by Gasteiger charge is -2.59. The van der Waals surface area contributed by atoms with Crippen molar-refractivity contribution in [2.24, 2.45) is 22.9 Å². The Bertz CT molecular complexity index is 2200. The fourth-order valence-corrected chi connectivity index (χ4v) is 9.45. The van der Waals surface area contributed by atoms with Crippen LogP contribution in [0.25, 0.3) is 11.1 Å². The fraction of sp³-hybridized carbons (Fsp3) is 0.380. The Morgan fingerprint density at radius 1 is 0.950 bits per heavy atom. The third kappa shape index (κ3) is 8.76. The minimum Gasteiger partial charge on any atom is -0.459 e. The molecule has 7 rings (SSSR count). The van der Waals surface area contributed by atoms with E-state index in [0.717, 1.165) is 53.7 Å². The zero-order valence-corrected chi connectivity index (χ0v) is 34.5. The quantitative estimate of drug-likeness (QED) is 0.0577. The summed E-state index contributed by atoms with van der Waals surface area (Å²) in [5.41, 5.74) is 5.78. The first kappa shape index (κ1) is 42.4. The van der Waals surface area contributed by atoms with Crippen LogP contribution in [0, 0.1) is 29.1 Å². The van der Waals surface area contributed by atoms with Gasteiger partial charge in [0.25, 0.3) is 5.91 Å². The third-order valence-electron chi connectivity index (χ3n) is 12.2. The smallest absolute Gasteiger partial charge is 0.254 e. The van der Waals surface area contributed by atoms with Crippen molar-refractivity contribution in [1.82, 2.24) is 4.90 Å². The largest absolute Gasteiger partial charge is 0.459 e. The van der Waals surface area contributed by atoms with E-state index >= 15 is 0 Å². The number of carbonyl (C=O) groups excluding carboxylic acids is 1. The van der Waals surface area contributed by atoms with Crippen molar-refractivity contribution in [2.75, 3.05) is 33.5 Å². The van der Waals surface area contributed by atoms with Gasteiger partial charge in [-0.05, 0) is 116 Å².